The van der Waals surface area contributed by atoms with Crippen LogP contribution >= 0.6 is 27.7 Å². The number of alkyl halides is 3. The van der Waals surface area contributed by atoms with Crippen molar-refractivity contribution in [2.75, 3.05) is 11.2 Å². The highest BCUT2D eigenvalue weighted by Crippen LogP contribution is 2.46. The number of amides is 1. The van der Waals surface area contributed by atoms with Gasteiger partial charge in [0.1, 0.15) is 5.66 Å². The molecule has 3 N–H and O–H groups in total. The molecule has 1 aromatic heterocycles. The monoisotopic (exact) mass is 598 g/mol. The second kappa shape index (κ2) is 10.6. The summed E-state index contributed by atoms with van der Waals surface area (Å²) in [6.07, 6.45) is -2.94. The van der Waals surface area contributed by atoms with Crippen LogP contribution in [0.3, 0.4) is 0 Å². The zero-order chi connectivity index (χ0) is 27.0. The topological polar surface area (TPSA) is 110 Å². The lowest BCUT2D eigenvalue weighted by Crippen LogP contribution is -2.61. The average molecular weight is 599 g/mol. The van der Waals surface area contributed by atoms with E-state index in [1.54, 1.807) is 18.7 Å². The largest absolute Gasteiger partial charge is 0.465 e. The molecule has 3 atom stereocenters. The van der Waals surface area contributed by atoms with Gasteiger partial charge in [0, 0.05) is 9.72 Å². The van der Waals surface area contributed by atoms with Gasteiger partial charge in [0.25, 0.3) is 0 Å². The number of tetrazole rings is 1. The van der Waals surface area contributed by atoms with Crippen molar-refractivity contribution < 1.29 is 23.1 Å². The molecule has 198 valence electrons. The van der Waals surface area contributed by atoms with E-state index < -0.39 is 29.4 Å². The Bertz CT molecular complexity index is 1290. The van der Waals surface area contributed by atoms with E-state index in [9.17, 15) is 23.1 Å². The first-order chi connectivity index (χ1) is 17.4. The summed E-state index contributed by atoms with van der Waals surface area (Å²) < 4.78 is 41.6. The Morgan fingerprint density at radius 1 is 1.32 bits per heavy atom. The third kappa shape index (κ3) is 5.78. The molecule has 13 heteroatoms. The molecule has 1 aliphatic heterocycles. The van der Waals surface area contributed by atoms with E-state index in [-0.39, 0.29) is 35.2 Å². The van der Waals surface area contributed by atoms with Gasteiger partial charge in [0.05, 0.1) is 23.7 Å². The minimum absolute atomic E-state index is 0.0137. The molecule has 8 nitrogen and oxygen atoms in total. The fourth-order valence-corrected chi connectivity index (χ4v) is 5.73. The second-order valence-electron chi connectivity index (χ2n) is 9.00. The lowest BCUT2D eigenvalue weighted by molar-refractivity contribution is -0.137. The Labute approximate surface area is 224 Å². The molecule has 1 aliphatic rings. The summed E-state index contributed by atoms with van der Waals surface area (Å²) >= 11 is 5.13. The lowest BCUT2D eigenvalue weighted by atomic mass is 9.80. The Balaban J connectivity index is 1.68. The van der Waals surface area contributed by atoms with Crippen molar-refractivity contribution in [3.63, 3.8) is 0 Å². The number of anilines is 1. The first-order valence-electron chi connectivity index (χ1n) is 11.5. The third-order valence-electron chi connectivity index (χ3n) is 6.61. The fourth-order valence-electron chi connectivity index (χ4n) is 4.64. The van der Waals surface area contributed by atoms with E-state index >= 15 is 0 Å². The van der Waals surface area contributed by atoms with Crippen LogP contribution in [0.1, 0.15) is 48.2 Å². The molecule has 0 spiro atoms. The molecule has 0 saturated heterocycles. The number of rotatable bonds is 7. The number of halogens is 4. The number of hydrogen-bond donors (Lipinski definition) is 2. The summed E-state index contributed by atoms with van der Waals surface area (Å²) in [4.78, 5) is 14.5. The normalized spacial score (nSPS) is 20.5. The third-order valence-corrected chi connectivity index (χ3v) is 8.09. The number of hydrogen-bond acceptors (Lipinski definition) is 6. The van der Waals surface area contributed by atoms with Crippen LogP contribution in [0.25, 0.3) is 0 Å². The number of carbonyl (C=O) groups is 1. The zero-order valence-electron chi connectivity index (χ0n) is 20.1. The molecule has 0 saturated carbocycles. The Hall–Kier alpha value is -2.64. The van der Waals surface area contributed by atoms with Gasteiger partial charge in [-0.25, -0.2) is 4.79 Å². The minimum Gasteiger partial charge on any atom is -0.465 e. The number of benzene rings is 2. The molecule has 4 rings (SSSR count). The number of carboxylic acid groups (broad SMARTS) is 1. The van der Waals surface area contributed by atoms with Crippen LogP contribution in [0.5, 0.6) is 0 Å². The number of fused-ring (bicyclic) bond motifs is 1. The molecule has 0 fully saturated rings. The maximum Gasteiger partial charge on any atom is 0.416 e. The highest BCUT2D eigenvalue weighted by Gasteiger charge is 2.47. The van der Waals surface area contributed by atoms with Crippen molar-refractivity contribution in [1.82, 2.24) is 20.2 Å². The van der Waals surface area contributed by atoms with Crippen LogP contribution in [0.2, 0.25) is 0 Å². The van der Waals surface area contributed by atoms with Gasteiger partial charge in [-0.15, -0.1) is 10.2 Å². The molecule has 0 bridgehead atoms. The lowest BCUT2D eigenvalue weighted by Gasteiger charge is -2.45. The highest BCUT2D eigenvalue weighted by atomic mass is 79.9. The van der Waals surface area contributed by atoms with E-state index in [0.29, 0.717) is 6.54 Å². The van der Waals surface area contributed by atoms with Crippen LogP contribution in [0.15, 0.2) is 46.9 Å². The van der Waals surface area contributed by atoms with E-state index in [0.717, 1.165) is 39.6 Å². The van der Waals surface area contributed by atoms with Gasteiger partial charge in [-0.3, -0.25) is 4.90 Å². The van der Waals surface area contributed by atoms with E-state index in [4.69, 9.17) is 5.73 Å². The quantitative estimate of drug-likeness (QED) is 0.369. The molecule has 2 aromatic carbocycles. The predicted octanol–water partition coefficient (Wildman–Crippen LogP) is 5.51. The molecule has 0 radical (unpaired) electrons. The smallest absolute Gasteiger partial charge is 0.416 e. The van der Waals surface area contributed by atoms with Crippen molar-refractivity contribution >= 4 is 39.5 Å². The molecule has 1 unspecified atom stereocenters. The first-order valence-corrected chi connectivity index (χ1v) is 13.6. The minimum atomic E-state index is -4.60. The molecular formula is C24H26BrF3N6O2S. The van der Waals surface area contributed by atoms with E-state index in [1.807, 2.05) is 30.5 Å². The predicted molar refractivity (Wildman–Crippen MR) is 139 cm³/mol. The summed E-state index contributed by atoms with van der Waals surface area (Å²) in [5.41, 5.74) is 5.66. The molecule has 2 heterocycles. The van der Waals surface area contributed by atoms with Gasteiger partial charge in [-0.1, -0.05) is 35.0 Å². The first kappa shape index (κ1) is 27.4. The SMILES string of the molecule is CC[C@]1(N)C[C@H](c2nnn(CC(Cc3cccc(Br)c3)SC)n2)c2cc(C(F)(F)F)ccc2N1C(=O)O. The standard InChI is InChI=1S/C24H26BrF3N6O2S/c1-3-23(29)12-19(18-11-15(24(26,27)28)7-8-20(18)34(23)22(35)36)21-30-32-33(31-21)13-17(37-2)10-14-5-4-6-16(25)9-14/h4-9,11,17,19H,3,10,12-13,29H2,1-2H3,(H,35,36)/t17?,19-,23+/m0/s1. The number of nitrogens with zero attached hydrogens (tertiary/aromatic N) is 5. The Morgan fingerprint density at radius 3 is 2.70 bits per heavy atom. The van der Waals surface area contributed by atoms with Gasteiger partial charge < -0.3 is 10.8 Å². The maximum atomic E-state index is 13.5. The number of thioether (sulfide) groups is 1. The Kier molecular flexibility index (Phi) is 7.86. The summed E-state index contributed by atoms with van der Waals surface area (Å²) in [5, 5.41) is 22.9. The van der Waals surface area contributed by atoms with Crippen LogP contribution in [-0.2, 0) is 19.1 Å². The van der Waals surface area contributed by atoms with Gasteiger partial charge >= 0.3 is 12.3 Å². The van der Waals surface area contributed by atoms with Gasteiger partial charge in [-0.2, -0.15) is 29.7 Å². The van der Waals surface area contributed by atoms with Crippen molar-refractivity contribution in [1.29, 1.82) is 0 Å². The van der Waals surface area contributed by atoms with E-state index in [1.165, 1.54) is 4.80 Å². The van der Waals surface area contributed by atoms with Gasteiger partial charge in [0.15, 0.2) is 5.82 Å². The maximum absolute atomic E-state index is 13.5. The Morgan fingerprint density at radius 2 is 2.08 bits per heavy atom. The number of nitrogens with two attached hydrogens (primary N) is 1. The van der Waals surface area contributed by atoms with Crippen molar-refractivity contribution in [3.8, 4) is 0 Å². The molecule has 3 aromatic rings. The molecule has 37 heavy (non-hydrogen) atoms. The fraction of sp³-hybridized carbons (Fsp3) is 0.417. The second-order valence-corrected chi connectivity index (χ2v) is 11.1. The van der Waals surface area contributed by atoms with Crippen molar-refractivity contribution in [3.05, 3.63) is 69.5 Å². The highest BCUT2D eigenvalue weighted by molar-refractivity contribution is 9.10. The van der Waals surface area contributed by atoms with Crippen LogP contribution in [0, 0.1) is 0 Å². The van der Waals surface area contributed by atoms with Crippen LogP contribution in [-0.4, -0.2) is 48.6 Å². The van der Waals surface area contributed by atoms with E-state index in [2.05, 4.69) is 31.3 Å². The van der Waals surface area contributed by atoms with Crippen molar-refractivity contribution in [2.45, 2.75) is 55.7 Å². The summed E-state index contributed by atoms with van der Waals surface area (Å²) in [7, 11) is 0. The van der Waals surface area contributed by atoms with Crippen LogP contribution in [0.4, 0.5) is 23.7 Å². The number of aromatic nitrogens is 4. The van der Waals surface area contributed by atoms with Crippen molar-refractivity contribution in [2.24, 2.45) is 5.73 Å². The zero-order valence-corrected chi connectivity index (χ0v) is 22.5. The molecule has 0 aliphatic carbocycles. The summed E-state index contributed by atoms with van der Waals surface area (Å²) in [5.74, 6) is -0.555. The average Bonchev–Trinajstić information content (AvgIpc) is 3.30. The summed E-state index contributed by atoms with van der Waals surface area (Å²) in [6.45, 7) is 2.17. The van der Waals surface area contributed by atoms with Gasteiger partial charge in [0.2, 0.25) is 0 Å². The molecular weight excluding hydrogens is 573 g/mol. The van der Waals surface area contributed by atoms with Gasteiger partial charge in [-0.05, 0) is 72.2 Å². The summed E-state index contributed by atoms with van der Waals surface area (Å²) in [6, 6.07) is 11.0. The van der Waals surface area contributed by atoms with Crippen LogP contribution < -0.4 is 10.6 Å². The molecule has 1 amide bonds.